The second kappa shape index (κ2) is 3.81. The molecule has 0 aliphatic heterocycles. The van der Waals surface area contributed by atoms with Crippen LogP contribution in [0.4, 0.5) is 0 Å². The first-order valence-corrected chi connectivity index (χ1v) is 6.12. The minimum atomic E-state index is -0.988. The fourth-order valence-corrected chi connectivity index (χ4v) is 2.45. The monoisotopic (exact) mass is 264 g/mol. The van der Waals surface area contributed by atoms with E-state index >= 15 is 0 Å². The van der Waals surface area contributed by atoms with Gasteiger partial charge in [-0.2, -0.15) is 0 Å². The number of rotatable bonds is 0. The summed E-state index contributed by atoms with van der Waals surface area (Å²) in [4.78, 5) is 23.0. The Bertz CT molecular complexity index is 1090. The maximum absolute atomic E-state index is 11.8. The van der Waals surface area contributed by atoms with E-state index in [1.54, 1.807) is 12.1 Å². The molecule has 20 heavy (non-hydrogen) atoms. The molecule has 1 heterocycles. The SMILES string of the molecule is O=c1ooc2cc3cc4ccccc4cc3cc2c1=O. The van der Waals surface area contributed by atoms with Crippen molar-refractivity contribution in [2.75, 3.05) is 0 Å². The van der Waals surface area contributed by atoms with Crippen molar-refractivity contribution in [3.05, 3.63) is 69.2 Å². The third-order valence-corrected chi connectivity index (χ3v) is 3.44. The number of hydrogen-bond donors (Lipinski definition) is 0. The van der Waals surface area contributed by atoms with Crippen molar-refractivity contribution in [3.8, 4) is 0 Å². The Kier molecular flexibility index (Phi) is 2.09. The molecule has 0 saturated carbocycles. The van der Waals surface area contributed by atoms with Crippen molar-refractivity contribution in [1.29, 1.82) is 0 Å². The normalized spacial score (nSPS) is 11.4. The molecule has 0 radical (unpaired) electrons. The van der Waals surface area contributed by atoms with Crippen molar-refractivity contribution < 1.29 is 9.15 Å². The quantitative estimate of drug-likeness (QED) is 0.278. The van der Waals surface area contributed by atoms with Gasteiger partial charge in [0.2, 0.25) is 0 Å². The molecule has 0 aliphatic carbocycles. The van der Waals surface area contributed by atoms with E-state index in [-0.39, 0.29) is 11.0 Å². The topological polar surface area (TPSA) is 60.4 Å². The Balaban J connectivity index is 2.24. The third kappa shape index (κ3) is 1.48. The van der Waals surface area contributed by atoms with Crippen LogP contribution in [0.2, 0.25) is 0 Å². The summed E-state index contributed by atoms with van der Waals surface area (Å²) in [5, 5.41) is 4.22. The van der Waals surface area contributed by atoms with Crippen molar-refractivity contribution >= 4 is 32.5 Å². The zero-order chi connectivity index (χ0) is 13.7. The molecule has 4 nitrogen and oxygen atoms in total. The van der Waals surface area contributed by atoms with Gasteiger partial charge in [-0.15, -0.1) is 0 Å². The molecule has 4 heteroatoms. The van der Waals surface area contributed by atoms with Crippen molar-refractivity contribution in [2.45, 2.75) is 0 Å². The minimum Gasteiger partial charge on any atom is -0.286 e. The van der Waals surface area contributed by atoms with Crippen LogP contribution in [0, 0.1) is 0 Å². The molecule has 0 spiro atoms. The molecule has 0 atom stereocenters. The average molecular weight is 264 g/mol. The highest BCUT2D eigenvalue weighted by molar-refractivity contribution is 6.03. The van der Waals surface area contributed by atoms with Crippen molar-refractivity contribution in [2.24, 2.45) is 0 Å². The number of hydrogen-bond acceptors (Lipinski definition) is 4. The lowest BCUT2D eigenvalue weighted by Crippen LogP contribution is -2.21. The Hall–Kier alpha value is -2.88. The molecule has 0 N–H and O–H groups in total. The van der Waals surface area contributed by atoms with Crippen molar-refractivity contribution in [3.63, 3.8) is 0 Å². The second-order valence-corrected chi connectivity index (χ2v) is 4.68. The fraction of sp³-hybridized carbons (Fsp3) is 0. The van der Waals surface area contributed by atoms with E-state index in [1.807, 2.05) is 36.4 Å². The Morgan fingerprint density at radius 2 is 1.35 bits per heavy atom. The Morgan fingerprint density at radius 1 is 0.700 bits per heavy atom. The first-order chi connectivity index (χ1) is 9.72. The first kappa shape index (κ1) is 11.0. The van der Waals surface area contributed by atoms with Crippen LogP contribution in [-0.4, -0.2) is 0 Å². The molecule has 0 fully saturated rings. The minimum absolute atomic E-state index is 0.240. The van der Waals surface area contributed by atoms with Crippen LogP contribution in [0.25, 0.3) is 32.5 Å². The Morgan fingerprint density at radius 3 is 2.05 bits per heavy atom. The van der Waals surface area contributed by atoms with Crippen LogP contribution in [0.5, 0.6) is 0 Å². The molecule has 96 valence electrons. The molecular weight excluding hydrogens is 256 g/mol. The molecule has 0 saturated heterocycles. The average Bonchev–Trinajstić information content (AvgIpc) is 2.47. The molecule has 0 bridgehead atoms. The number of fused-ring (bicyclic) bond motifs is 3. The zero-order valence-corrected chi connectivity index (χ0v) is 10.3. The van der Waals surface area contributed by atoms with Gasteiger partial charge in [0.1, 0.15) is 0 Å². The van der Waals surface area contributed by atoms with Crippen LogP contribution in [0.3, 0.4) is 0 Å². The van der Waals surface area contributed by atoms with Crippen LogP contribution in [0.1, 0.15) is 0 Å². The van der Waals surface area contributed by atoms with E-state index in [1.165, 1.54) is 0 Å². The third-order valence-electron chi connectivity index (χ3n) is 3.44. The maximum Gasteiger partial charge on any atom is 0.426 e. The van der Waals surface area contributed by atoms with Gasteiger partial charge >= 0.3 is 5.63 Å². The van der Waals surface area contributed by atoms with E-state index in [2.05, 4.69) is 4.58 Å². The van der Waals surface area contributed by atoms with Gasteiger partial charge < -0.3 is 0 Å². The van der Waals surface area contributed by atoms with Crippen LogP contribution in [-0.2, 0) is 0 Å². The van der Waals surface area contributed by atoms with Gasteiger partial charge in [-0.1, -0.05) is 24.3 Å². The van der Waals surface area contributed by atoms with E-state index in [0.717, 1.165) is 21.5 Å². The van der Waals surface area contributed by atoms with E-state index in [4.69, 9.17) is 4.58 Å². The number of benzene rings is 3. The standard InChI is InChI=1S/C16H8O4/c17-15-13-7-11-5-9-3-1-2-4-10(9)6-12(11)8-14(13)19-20-16(15)18/h1-8H. The highest BCUT2D eigenvalue weighted by Gasteiger charge is 2.09. The van der Waals surface area contributed by atoms with Crippen LogP contribution < -0.4 is 11.1 Å². The van der Waals surface area contributed by atoms with Crippen molar-refractivity contribution in [1.82, 2.24) is 0 Å². The van der Waals surface area contributed by atoms with E-state index < -0.39 is 11.1 Å². The molecular formula is C16H8O4. The second-order valence-electron chi connectivity index (χ2n) is 4.68. The molecule has 4 rings (SSSR count). The van der Waals surface area contributed by atoms with E-state index in [0.29, 0.717) is 0 Å². The highest BCUT2D eigenvalue weighted by atomic mass is 17.0. The largest absolute Gasteiger partial charge is 0.426 e. The summed E-state index contributed by atoms with van der Waals surface area (Å²) >= 11 is 0. The van der Waals surface area contributed by atoms with Gasteiger partial charge in [-0.05, 0) is 45.8 Å². The summed E-state index contributed by atoms with van der Waals surface area (Å²) in [7, 11) is 0. The highest BCUT2D eigenvalue weighted by Crippen LogP contribution is 2.25. The van der Waals surface area contributed by atoms with Crippen LogP contribution >= 0.6 is 0 Å². The molecule has 4 aromatic rings. The summed E-state index contributed by atoms with van der Waals surface area (Å²) in [5.74, 6) is 0. The fourth-order valence-electron chi connectivity index (χ4n) is 2.45. The summed E-state index contributed by atoms with van der Waals surface area (Å²) in [6, 6.07) is 15.3. The lowest BCUT2D eigenvalue weighted by atomic mass is 10.0. The summed E-state index contributed by atoms with van der Waals surface area (Å²) < 4.78 is 9.22. The van der Waals surface area contributed by atoms with Gasteiger partial charge in [-0.3, -0.25) is 9.37 Å². The summed E-state index contributed by atoms with van der Waals surface area (Å²) in [6.45, 7) is 0. The van der Waals surface area contributed by atoms with Crippen LogP contribution in [0.15, 0.2) is 67.3 Å². The van der Waals surface area contributed by atoms with Gasteiger partial charge in [0.25, 0.3) is 5.43 Å². The van der Waals surface area contributed by atoms with Gasteiger partial charge in [0.15, 0.2) is 5.58 Å². The zero-order valence-electron chi connectivity index (χ0n) is 10.3. The Labute approximate surface area is 111 Å². The lowest BCUT2D eigenvalue weighted by molar-refractivity contribution is 0.0504. The molecule has 0 aliphatic rings. The molecule has 1 aromatic heterocycles. The maximum atomic E-state index is 11.8. The molecule has 3 aromatic carbocycles. The molecule has 0 amide bonds. The molecule has 0 unspecified atom stereocenters. The first-order valence-electron chi connectivity index (χ1n) is 6.12. The summed E-state index contributed by atoms with van der Waals surface area (Å²) in [5.41, 5.74) is -1.39. The van der Waals surface area contributed by atoms with Gasteiger partial charge in [-0.25, -0.2) is 9.37 Å². The predicted octanol–water partition coefficient (Wildman–Crippen LogP) is 3.05. The smallest absolute Gasteiger partial charge is 0.286 e. The predicted molar refractivity (Wildman–Crippen MR) is 76.0 cm³/mol. The summed E-state index contributed by atoms with van der Waals surface area (Å²) in [6.07, 6.45) is 0. The van der Waals surface area contributed by atoms with E-state index in [9.17, 15) is 9.59 Å². The lowest BCUT2D eigenvalue weighted by Gasteiger charge is -2.03. The van der Waals surface area contributed by atoms with Gasteiger partial charge in [0, 0.05) is 0 Å². The van der Waals surface area contributed by atoms with Gasteiger partial charge in [0.05, 0.1) is 5.39 Å².